The first-order valence-corrected chi connectivity index (χ1v) is 9.70. The van der Waals surface area contributed by atoms with Crippen LogP contribution in [0.5, 0.6) is 0 Å². The van der Waals surface area contributed by atoms with Gasteiger partial charge < -0.3 is 9.72 Å². The van der Waals surface area contributed by atoms with Gasteiger partial charge in [0, 0.05) is 28.2 Å². The number of aromatic amines is 1. The van der Waals surface area contributed by atoms with Gasteiger partial charge in [-0.1, -0.05) is 30.3 Å². The van der Waals surface area contributed by atoms with E-state index in [0.717, 1.165) is 26.8 Å². The van der Waals surface area contributed by atoms with E-state index in [1.165, 1.54) is 17.4 Å². The molecule has 0 spiro atoms. The minimum absolute atomic E-state index is 0.225. The van der Waals surface area contributed by atoms with E-state index in [4.69, 9.17) is 4.74 Å². The number of rotatable bonds is 5. The molecule has 0 amide bonds. The van der Waals surface area contributed by atoms with Crippen molar-refractivity contribution < 1.29 is 14.3 Å². The van der Waals surface area contributed by atoms with Gasteiger partial charge in [0.05, 0.1) is 10.2 Å². The molecule has 6 heteroatoms. The normalized spacial score (nSPS) is 12.6. The van der Waals surface area contributed by atoms with Gasteiger partial charge in [0.25, 0.3) is 0 Å². The quantitative estimate of drug-likeness (QED) is 0.298. The maximum absolute atomic E-state index is 12.8. The SMILES string of the molecule is Cc1[nH]c2ccccc2c1C(=O)[C@@H](C)OC(=O)/C=C/c1nc2ccccc2s1. The third-order valence-electron chi connectivity index (χ3n) is 4.47. The van der Waals surface area contributed by atoms with Crippen LogP contribution in [0.25, 0.3) is 27.2 Å². The van der Waals surface area contributed by atoms with E-state index < -0.39 is 12.1 Å². The molecule has 140 valence electrons. The third kappa shape index (κ3) is 3.46. The number of aryl methyl sites for hydroxylation is 1. The average Bonchev–Trinajstić information content (AvgIpc) is 3.25. The average molecular weight is 390 g/mol. The fourth-order valence-electron chi connectivity index (χ4n) is 3.17. The molecule has 1 atom stereocenters. The van der Waals surface area contributed by atoms with E-state index in [1.807, 2.05) is 55.5 Å². The van der Waals surface area contributed by atoms with Gasteiger partial charge in [-0.15, -0.1) is 11.3 Å². The summed E-state index contributed by atoms with van der Waals surface area (Å²) >= 11 is 1.49. The number of aromatic nitrogens is 2. The fraction of sp³-hybridized carbons (Fsp3) is 0.136. The predicted molar refractivity (Wildman–Crippen MR) is 112 cm³/mol. The Morgan fingerprint density at radius 2 is 1.89 bits per heavy atom. The molecule has 0 bridgehead atoms. The Bertz CT molecular complexity index is 1190. The summed E-state index contributed by atoms with van der Waals surface area (Å²) in [7, 11) is 0. The lowest BCUT2D eigenvalue weighted by Gasteiger charge is -2.11. The van der Waals surface area contributed by atoms with Crippen LogP contribution in [0.3, 0.4) is 0 Å². The molecule has 2 aromatic heterocycles. The number of hydrogen-bond acceptors (Lipinski definition) is 5. The Morgan fingerprint density at radius 1 is 1.14 bits per heavy atom. The van der Waals surface area contributed by atoms with E-state index in [-0.39, 0.29) is 5.78 Å². The van der Waals surface area contributed by atoms with E-state index in [9.17, 15) is 9.59 Å². The standard InChI is InChI=1S/C22H18N2O3S/c1-13-21(15-7-3-4-8-16(15)23-13)22(26)14(2)27-20(25)12-11-19-24-17-9-5-6-10-18(17)28-19/h3-12,14,23H,1-2H3/b12-11+/t14-/m1/s1. The van der Waals surface area contributed by atoms with Crippen molar-refractivity contribution in [2.75, 3.05) is 0 Å². The molecule has 4 rings (SSSR count). The molecule has 4 aromatic rings. The van der Waals surface area contributed by atoms with Crippen molar-refractivity contribution >= 4 is 50.3 Å². The van der Waals surface area contributed by atoms with Gasteiger partial charge in [0.1, 0.15) is 5.01 Å². The van der Waals surface area contributed by atoms with Crippen molar-refractivity contribution in [1.29, 1.82) is 0 Å². The number of esters is 1. The number of Topliss-reactive ketones (excluding diaryl/α,β-unsaturated/α-hetero) is 1. The molecule has 0 unspecified atom stereocenters. The molecule has 0 radical (unpaired) electrons. The van der Waals surface area contributed by atoms with Gasteiger partial charge in [-0.25, -0.2) is 9.78 Å². The number of ketones is 1. The summed E-state index contributed by atoms with van der Waals surface area (Å²) in [5, 5.41) is 1.54. The number of para-hydroxylation sites is 2. The summed E-state index contributed by atoms with van der Waals surface area (Å²) < 4.78 is 6.37. The number of thiazole rings is 1. The van der Waals surface area contributed by atoms with Crippen LogP contribution in [-0.2, 0) is 9.53 Å². The predicted octanol–water partition coefficient (Wildman–Crippen LogP) is 4.91. The lowest BCUT2D eigenvalue weighted by molar-refractivity contribution is -0.140. The van der Waals surface area contributed by atoms with E-state index >= 15 is 0 Å². The highest BCUT2D eigenvalue weighted by molar-refractivity contribution is 7.19. The monoisotopic (exact) mass is 390 g/mol. The van der Waals surface area contributed by atoms with E-state index in [1.54, 1.807) is 13.0 Å². The Morgan fingerprint density at radius 3 is 2.71 bits per heavy atom. The minimum Gasteiger partial charge on any atom is -0.451 e. The van der Waals surface area contributed by atoms with Crippen LogP contribution in [0, 0.1) is 6.92 Å². The van der Waals surface area contributed by atoms with E-state index in [2.05, 4.69) is 9.97 Å². The third-order valence-corrected chi connectivity index (χ3v) is 5.48. The first-order chi connectivity index (χ1) is 13.5. The number of benzene rings is 2. The lowest BCUT2D eigenvalue weighted by Crippen LogP contribution is -2.24. The molecule has 0 aliphatic rings. The molecule has 0 aliphatic carbocycles. The van der Waals surface area contributed by atoms with E-state index in [0.29, 0.717) is 10.6 Å². The largest absolute Gasteiger partial charge is 0.451 e. The zero-order valence-corrected chi connectivity index (χ0v) is 16.2. The maximum atomic E-state index is 12.8. The second-order valence-corrected chi connectivity index (χ2v) is 7.53. The first kappa shape index (κ1) is 18.1. The van der Waals surface area contributed by atoms with Crippen molar-refractivity contribution in [3.63, 3.8) is 0 Å². The molecule has 2 aromatic carbocycles. The molecular formula is C22H18N2O3S. The summed E-state index contributed by atoms with van der Waals surface area (Å²) in [6.45, 7) is 3.43. The molecule has 0 saturated carbocycles. The van der Waals surface area contributed by atoms with Crippen molar-refractivity contribution in [1.82, 2.24) is 9.97 Å². The van der Waals surface area contributed by atoms with Crippen LogP contribution in [-0.4, -0.2) is 27.8 Å². The van der Waals surface area contributed by atoms with Crippen LogP contribution >= 0.6 is 11.3 Å². The van der Waals surface area contributed by atoms with Crippen molar-refractivity contribution in [2.45, 2.75) is 20.0 Å². The van der Waals surface area contributed by atoms with Crippen LogP contribution in [0.2, 0.25) is 0 Å². The van der Waals surface area contributed by atoms with Crippen LogP contribution < -0.4 is 0 Å². The number of ether oxygens (including phenoxy) is 1. The second kappa shape index (κ2) is 7.40. The fourth-order valence-corrected chi connectivity index (χ4v) is 4.04. The number of nitrogens with zero attached hydrogens (tertiary/aromatic N) is 1. The first-order valence-electron chi connectivity index (χ1n) is 8.88. The number of fused-ring (bicyclic) bond motifs is 2. The minimum atomic E-state index is -0.884. The van der Waals surface area contributed by atoms with Crippen molar-refractivity contribution in [3.05, 3.63) is 70.9 Å². The highest BCUT2D eigenvalue weighted by atomic mass is 32.1. The number of hydrogen-bond donors (Lipinski definition) is 1. The molecule has 0 fully saturated rings. The molecule has 5 nitrogen and oxygen atoms in total. The van der Waals surface area contributed by atoms with Crippen molar-refractivity contribution in [2.24, 2.45) is 0 Å². The maximum Gasteiger partial charge on any atom is 0.331 e. The Balaban J connectivity index is 1.47. The second-order valence-electron chi connectivity index (χ2n) is 6.47. The molecule has 0 aliphatic heterocycles. The summed E-state index contributed by atoms with van der Waals surface area (Å²) in [5.74, 6) is -0.797. The van der Waals surface area contributed by atoms with Crippen molar-refractivity contribution in [3.8, 4) is 0 Å². The van der Waals surface area contributed by atoms with Crippen LogP contribution in [0.1, 0.15) is 28.0 Å². The number of nitrogens with one attached hydrogen (secondary N) is 1. The summed E-state index contributed by atoms with van der Waals surface area (Å²) in [4.78, 5) is 32.6. The smallest absolute Gasteiger partial charge is 0.331 e. The Hall–Kier alpha value is -3.25. The Labute approximate surface area is 165 Å². The number of H-pyrrole nitrogens is 1. The summed E-state index contributed by atoms with van der Waals surface area (Å²) in [5.41, 5.74) is 3.10. The zero-order chi connectivity index (χ0) is 19.7. The Kier molecular flexibility index (Phi) is 4.79. The molecule has 1 N–H and O–H groups in total. The van der Waals surface area contributed by atoms with Gasteiger partial charge in [-0.3, -0.25) is 4.79 Å². The molecule has 2 heterocycles. The van der Waals surface area contributed by atoms with Gasteiger partial charge in [-0.05, 0) is 38.1 Å². The summed E-state index contributed by atoms with van der Waals surface area (Å²) in [6, 6.07) is 15.3. The lowest BCUT2D eigenvalue weighted by atomic mass is 10.0. The highest BCUT2D eigenvalue weighted by Gasteiger charge is 2.23. The zero-order valence-electron chi connectivity index (χ0n) is 15.4. The topological polar surface area (TPSA) is 72.1 Å². The van der Waals surface area contributed by atoms with Gasteiger partial charge >= 0.3 is 5.97 Å². The molecular weight excluding hydrogens is 372 g/mol. The molecule has 0 saturated heterocycles. The number of carbonyl (C=O) groups excluding carboxylic acids is 2. The van der Waals surface area contributed by atoms with Gasteiger partial charge in [0.2, 0.25) is 5.78 Å². The van der Waals surface area contributed by atoms with Crippen LogP contribution in [0.15, 0.2) is 54.6 Å². The van der Waals surface area contributed by atoms with Crippen LogP contribution in [0.4, 0.5) is 0 Å². The number of carbonyl (C=O) groups is 2. The highest BCUT2D eigenvalue weighted by Crippen LogP contribution is 2.24. The molecule has 28 heavy (non-hydrogen) atoms. The van der Waals surface area contributed by atoms with Gasteiger partial charge in [-0.2, -0.15) is 0 Å². The summed E-state index contributed by atoms with van der Waals surface area (Å²) in [6.07, 6.45) is 2.04. The van der Waals surface area contributed by atoms with Gasteiger partial charge in [0.15, 0.2) is 6.10 Å².